The van der Waals surface area contributed by atoms with Crippen molar-refractivity contribution in [3.05, 3.63) is 64.7 Å². The van der Waals surface area contributed by atoms with Crippen molar-refractivity contribution in [1.82, 2.24) is 10.2 Å². The van der Waals surface area contributed by atoms with E-state index >= 15 is 0 Å². The highest BCUT2D eigenvalue weighted by molar-refractivity contribution is 6.30. The van der Waals surface area contributed by atoms with Gasteiger partial charge in [0.25, 0.3) is 5.91 Å². The van der Waals surface area contributed by atoms with Gasteiger partial charge in [0.1, 0.15) is 0 Å². The van der Waals surface area contributed by atoms with Crippen molar-refractivity contribution in [3.63, 3.8) is 0 Å². The standard InChI is InChI=1S/C23H28ClN3O/c24-21-7-5-19(6-8-21)23(28)27-16-15-26(14-11-18-9-12-25-13-10-18)22-4-2-1-3-20(22)17-27/h1-8,18,25H,9-17H2. The van der Waals surface area contributed by atoms with E-state index in [4.69, 9.17) is 11.6 Å². The summed E-state index contributed by atoms with van der Waals surface area (Å²) in [4.78, 5) is 17.5. The molecule has 4 rings (SSSR count). The van der Waals surface area contributed by atoms with Crippen molar-refractivity contribution in [3.8, 4) is 0 Å². The smallest absolute Gasteiger partial charge is 0.254 e. The molecule has 0 unspecified atom stereocenters. The number of rotatable bonds is 4. The van der Waals surface area contributed by atoms with Gasteiger partial charge in [0.2, 0.25) is 0 Å². The number of amides is 1. The van der Waals surface area contributed by atoms with Crippen molar-refractivity contribution in [2.45, 2.75) is 25.8 Å². The summed E-state index contributed by atoms with van der Waals surface area (Å²) < 4.78 is 0. The molecule has 1 fully saturated rings. The summed E-state index contributed by atoms with van der Waals surface area (Å²) in [6.45, 7) is 5.62. The fourth-order valence-electron chi connectivity index (χ4n) is 4.29. The highest BCUT2D eigenvalue weighted by atomic mass is 35.5. The quantitative estimate of drug-likeness (QED) is 0.840. The number of anilines is 1. The predicted octanol–water partition coefficient (Wildman–Crippen LogP) is 4.19. The second kappa shape index (κ2) is 8.97. The SMILES string of the molecule is O=C(c1ccc(Cl)cc1)N1CCN(CCC2CCNCC2)c2ccccc2C1. The molecular weight excluding hydrogens is 370 g/mol. The first-order chi connectivity index (χ1) is 13.7. The lowest BCUT2D eigenvalue weighted by Gasteiger charge is -2.29. The second-order valence-electron chi connectivity index (χ2n) is 7.83. The number of carbonyl (C=O) groups excluding carboxylic acids is 1. The van der Waals surface area contributed by atoms with Crippen LogP contribution in [0.4, 0.5) is 5.69 Å². The Bertz CT molecular complexity index is 802. The maximum absolute atomic E-state index is 13.0. The average Bonchev–Trinajstić information content (AvgIpc) is 2.92. The van der Waals surface area contributed by atoms with Crippen LogP contribution in [0.25, 0.3) is 0 Å². The largest absolute Gasteiger partial charge is 0.369 e. The van der Waals surface area contributed by atoms with Gasteiger partial charge >= 0.3 is 0 Å². The van der Waals surface area contributed by atoms with Gasteiger partial charge in [-0.3, -0.25) is 4.79 Å². The number of piperidine rings is 1. The van der Waals surface area contributed by atoms with Gasteiger partial charge < -0.3 is 15.1 Å². The summed E-state index contributed by atoms with van der Waals surface area (Å²) in [5, 5.41) is 4.10. The van der Waals surface area contributed by atoms with E-state index in [0.29, 0.717) is 17.1 Å². The fraction of sp³-hybridized carbons (Fsp3) is 0.435. The molecule has 0 aromatic heterocycles. The third-order valence-corrected chi connectivity index (χ3v) is 6.23. The molecule has 2 aromatic carbocycles. The van der Waals surface area contributed by atoms with Crippen molar-refractivity contribution >= 4 is 23.2 Å². The van der Waals surface area contributed by atoms with Crippen LogP contribution in [0, 0.1) is 5.92 Å². The van der Waals surface area contributed by atoms with E-state index in [0.717, 1.165) is 38.6 Å². The summed E-state index contributed by atoms with van der Waals surface area (Å²) in [6.07, 6.45) is 3.77. The van der Waals surface area contributed by atoms with E-state index in [-0.39, 0.29) is 5.91 Å². The monoisotopic (exact) mass is 397 g/mol. The third-order valence-electron chi connectivity index (χ3n) is 5.98. The van der Waals surface area contributed by atoms with E-state index in [1.807, 2.05) is 17.0 Å². The molecule has 2 aliphatic rings. The van der Waals surface area contributed by atoms with Crippen LogP contribution in [0.1, 0.15) is 35.2 Å². The number of para-hydroxylation sites is 1. The minimum atomic E-state index is 0.0756. The van der Waals surface area contributed by atoms with Gasteiger partial charge in [0.05, 0.1) is 0 Å². The van der Waals surface area contributed by atoms with Crippen LogP contribution in [0.5, 0.6) is 0 Å². The van der Waals surface area contributed by atoms with E-state index < -0.39 is 0 Å². The first-order valence-corrected chi connectivity index (χ1v) is 10.7. The first kappa shape index (κ1) is 19.3. The van der Waals surface area contributed by atoms with E-state index in [1.165, 1.54) is 30.5 Å². The van der Waals surface area contributed by atoms with Crippen LogP contribution in [-0.2, 0) is 6.54 Å². The Labute approximate surface area is 172 Å². The Hall–Kier alpha value is -2.04. The van der Waals surface area contributed by atoms with Gasteiger partial charge in [-0.05, 0) is 74.2 Å². The molecule has 5 heteroatoms. The molecule has 2 aromatic rings. The number of nitrogens with one attached hydrogen (secondary N) is 1. The van der Waals surface area contributed by atoms with Crippen LogP contribution in [0.15, 0.2) is 48.5 Å². The summed E-state index contributed by atoms with van der Waals surface area (Å²) >= 11 is 5.98. The van der Waals surface area contributed by atoms with Gasteiger partial charge in [-0.25, -0.2) is 0 Å². The van der Waals surface area contributed by atoms with Crippen LogP contribution in [-0.4, -0.2) is 43.5 Å². The van der Waals surface area contributed by atoms with Gasteiger partial charge in [0.15, 0.2) is 0 Å². The molecule has 0 aliphatic carbocycles. The van der Waals surface area contributed by atoms with Crippen molar-refractivity contribution in [2.24, 2.45) is 5.92 Å². The summed E-state index contributed by atoms with van der Waals surface area (Å²) in [5.74, 6) is 0.884. The second-order valence-corrected chi connectivity index (χ2v) is 8.27. The van der Waals surface area contributed by atoms with Crippen LogP contribution < -0.4 is 10.2 Å². The Morgan fingerprint density at radius 3 is 2.57 bits per heavy atom. The number of benzene rings is 2. The maximum atomic E-state index is 13.0. The van der Waals surface area contributed by atoms with E-state index in [2.05, 4.69) is 34.5 Å². The highest BCUT2D eigenvalue weighted by Crippen LogP contribution is 2.27. The van der Waals surface area contributed by atoms with Gasteiger partial charge in [-0.15, -0.1) is 0 Å². The minimum absolute atomic E-state index is 0.0756. The lowest BCUT2D eigenvalue weighted by Crippen LogP contribution is -2.36. The Balaban J connectivity index is 1.48. The first-order valence-electron chi connectivity index (χ1n) is 10.3. The molecule has 2 heterocycles. The Morgan fingerprint density at radius 2 is 1.79 bits per heavy atom. The van der Waals surface area contributed by atoms with Crippen molar-refractivity contribution in [1.29, 1.82) is 0 Å². The summed E-state index contributed by atoms with van der Waals surface area (Å²) in [5.41, 5.74) is 3.21. The van der Waals surface area contributed by atoms with Gasteiger partial charge in [-0.2, -0.15) is 0 Å². The number of carbonyl (C=O) groups is 1. The molecule has 1 N–H and O–H groups in total. The summed E-state index contributed by atoms with van der Waals surface area (Å²) in [6, 6.07) is 15.7. The predicted molar refractivity (Wildman–Crippen MR) is 115 cm³/mol. The molecule has 148 valence electrons. The molecule has 4 nitrogen and oxygen atoms in total. The lowest BCUT2D eigenvalue weighted by atomic mass is 9.94. The number of fused-ring (bicyclic) bond motifs is 1. The zero-order chi connectivity index (χ0) is 19.3. The van der Waals surface area contributed by atoms with Gasteiger partial charge in [-0.1, -0.05) is 29.8 Å². The molecule has 0 bridgehead atoms. The molecule has 28 heavy (non-hydrogen) atoms. The highest BCUT2D eigenvalue weighted by Gasteiger charge is 2.24. The normalized spacial score (nSPS) is 17.9. The minimum Gasteiger partial charge on any atom is -0.369 e. The molecule has 2 aliphatic heterocycles. The lowest BCUT2D eigenvalue weighted by molar-refractivity contribution is 0.0751. The van der Waals surface area contributed by atoms with Crippen LogP contribution >= 0.6 is 11.6 Å². The average molecular weight is 398 g/mol. The third kappa shape index (κ3) is 4.50. The molecule has 0 radical (unpaired) electrons. The maximum Gasteiger partial charge on any atom is 0.254 e. The number of hydrogen-bond acceptors (Lipinski definition) is 3. The zero-order valence-electron chi connectivity index (χ0n) is 16.2. The number of nitrogens with zero attached hydrogens (tertiary/aromatic N) is 2. The van der Waals surface area contributed by atoms with Crippen molar-refractivity contribution in [2.75, 3.05) is 37.6 Å². The molecule has 1 saturated heterocycles. The fourth-order valence-corrected chi connectivity index (χ4v) is 4.42. The zero-order valence-corrected chi connectivity index (χ0v) is 17.0. The van der Waals surface area contributed by atoms with E-state index in [9.17, 15) is 4.79 Å². The molecular formula is C23H28ClN3O. The number of halogens is 1. The molecule has 0 saturated carbocycles. The van der Waals surface area contributed by atoms with Crippen LogP contribution in [0.3, 0.4) is 0 Å². The van der Waals surface area contributed by atoms with Gasteiger partial charge in [0, 0.05) is 42.5 Å². The number of hydrogen-bond donors (Lipinski definition) is 1. The molecule has 1 amide bonds. The van der Waals surface area contributed by atoms with Crippen LogP contribution in [0.2, 0.25) is 5.02 Å². The Kier molecular flexibility index (Phi) is 6.18. The van der Waals surface area contributed by atoms with Crippen molar-refractivity contribution < 1.29 is 4.79 Å². The molecule has 0 spiro atoms. The van der Waals surface area contributed by atoms with E-state index in [1.54, 1.807) is 12.1 Å². The topological polar surface area (TPSA) is 35.6 Å². The Morgan fingerprint density at radius 1 is 1.04 bits per heavy atom. The molecule has 0 atom stereocenters. The summed E-state index contributed by atoms with van der Waals surface area (Å²) in [7, 11) is 0.